The predicted molar refractivity (Wildman–Crippen MR) is 108 cm³/mol. The van der Waals surface area contributed by atoms with E-state index in [1.807, 2.05) is 30.3 Å². The number of aryl methyl sites for hydroxylation is 1. The fourth-order valence-electron chi connectivity index (χ4n) is 3.36. The predicted octanol–water partition coefficient (Wildman–Crippen LogP) is 3.87. The van der Waals surface area contributed by atoms with Crippen molar-refractivity contribution in [2.75, 3.05) is 19.0 Å². The van der Waals surface area contributed by atoms with Crippen LogP contribution in [0.25, 0.3) is 0 Å². The van der Waals surface area contributed by atoms with Crippen LogP contribution in [0.15, 0.2) is 30.3 Å². The minimum Gasteiger partial charge on any atom is -0.465 e. The Morgan fingerprint density at radius 2 is 2.00 bits per heavy atom. The number of methoxy groups -OCH3 is 1. The zero-order valence-corrected chi connectivity index (χ0v) is 16.9. The van der Waals surface area contributed by atoms with Gasteiger partial charge in [-0.1, -0.05) is 30.3 Å². The molecule has 0 bridgehead atoms. The third kappa shape index (κ3) is 4.57. The average Bonchev–Trinajstić information content (AvgIpc) is 3.03. The number of esters is 1. The largest absolute Gasteiger partial charge is 0.465 e. The Bertz CT molecular complexity index is 814. The molecule has 144 valence electrons. The molecule has 0 fully saturated rings. The fourth-order valence-corrected chi connectivity index (χ4v) is 4.64. The van der Waals surface area contributed by atoms with E-state index in [1.54, 1.807) is 0 Å². The second-order valence-corrected chi connectivity index (χ2v) is 8.15. The number of benzene rings is 1. The maximum atomic E-state index is 12.5. The fraction of sp³-hybridized carbons (Fsp3) is 0.429. The first kappa shape index (κ1) is 19.6. The van der Waals surface area contributed by atoms with E-state index in [4.69, 9.17) is 4.74 Å². The van der Waals surface area contributed by atoms with Gasteiger partial charge in [-0.15, -0.1) is 11.3 Å². The maximum absolute atomic E-state index is 12.5. The number of thiophene rings is 1. The van der Waals surface area contributed by atoms with Gasteiger partial charge < -0.3 is 10.1 Å². The minimum absolute atomic E-state index is 0.0803. The van der Waals surface area contributed by atoms with Crippen molar-refractivity contribution in [1.82, 2.24) is 4.90 Å². The molecule has 1 aromatic heterocycles. The van der Waals surface area contributed by atoms with Crippen LogP contribution in [0.1, 0.15) is 46.6 Å². The van der Waals surface area contributed by atoms with Crippen molar-refractivity contribution in [2.45, 2.75) is 45.7 Å². The maximum Gasteiger partial charge on any atom is 0.341 e. The number of carbonyl (C=O) groups is 2. The minimum atomic E-state index is -0.371. The number of fused-ring (bicyclic) bond motifs is 1. The van der Waals surface area contributed by atoms with Crippen LogP contribution >= 0.6 is 11.3 Å². The summed E-state index contributed by atoms with van der Waals surface area (Å²) >= 11 is 1.50. The smallest absolute Gasteiger partial charge is 0.341 e. The first-order chi connectivity index (χ1) is 13.0. The molecule has 1 aliphatic rings. The molecule has 0 aliphatic carbocycles. The van der Waals surface area contributed by atoms with Crippen molar-refractivity contribution < 1.29 is 14.3 Å². The Morgan fingerprint density at radius 1 is 1.26 bits per heavy atom. The lowest BCUT2D eigenvalue weighted by molar-refractivity contribution is -0.116. The van der Waals surface area contributed by atoms with Gasteiger partial charge in [-0.05, 0) is 37.8 Å². The number of nitrogens with zero attached hydrogens (tertiary/aromatic N) is 1. The third-order valence-corrected chi connectivity index (χ3v) is 6.07. The number of rotatable bonds is 6. The summed E-state index contributed by atoms with van der Waals surface area (Å²) in [6.45, 7) is 6.06. The second-order valence-electron chi connectivity index (χ2n) is 7.05. The summed E-state index contributed by atoms with van der Waals surface area (Å²) in [4.78, 5) is 28.4. The number of amides is 1. The summed E-state index contributed by atoms with van der Waals surface area (Å²) in [5, 5.41) is 3.58. The number of carbonyl (C=O) groups excluding carboxylic acids is 2. The summed E-state index contributed by atoms with van der Waals surface area (Å²) in [7, 11) is 1.39. The van der Waals surface area contributed by atoms with Gasteiger partial charge in [0.2, 0.25) is 5.91 Å². The molecule has 1 amide bonds. The van der Waals surface area contributed by atoms with E-state index in [1.165, 1.54) is 18.4 Å². The van der Waals surface area contributed by atoms with Crippen molar-refractivity contribution in [3.05, 3.63) is 51.9 Å². The van der Waals surface area contributed by atoms with Crippen molar-refractivity contribution in [3.8, 4) is 0 Å². The summed E-state index contributed by atoms with van der Waals surface area (Å²) in [5.74, 6) is -0.452. The van der Waals surface area contributed by atoms with Crippen molar-refractivity contribution in [1.29, 1.82) is 0 Å². The molecule has 1 aromatic carbocycles. The van der Waals surface area contributed by atoms with Crippen LogP contribution in [0.2, 0.25) is 0 Å². The molecule has 3 rings (SSSR count). The molecular weight excluding hydrogens is 360 g/mol. The van der Waals surface area contributed by atoms with Gasteiger partial charge in [0.15, 0.2) is 0 Å². The summed E-state index contributed by atoms with van der Waals surface area (Å²) in [6, 6.07) is 10.4. The van der Waals surface area contributed by atoms with Crippen LogP contribution in [-0.2, 0) is 28.9 Å². The van der Waals surface area contributed by atoms with E-state index in [9.17, 15) is 9.59 Å². The molecule has 2 aromatic rings. The topological polar surface area (TPSA) is 58.6 Å². The molecule has 5 nitrogen and oxygen atoms in total. The number of ether oxygens (including phenoxy) is 1. The summed E-state index contributed by atoms with van der Waals surface area (Å²) < 4.78 is 4.99. The Kier molecular flexibility index (Phi) is 6.29. The van der Waals surface area contributed by atoms with Crippen LogP contribution in [0.3, 0.4) is 0 Å². The first-order valence-electron chi connectivity index (χ1n) is 9.30. The molecule has 1 aliphatic heterocycles. The van der Waals surface area contributed by atoms with E-state index in [0.717, 1.165) is 35.5 Å². The molecule has 2 heterocycles. The van der Waals surface area contributed by atoms with E-state index >= 15 is 0 Å². The molecule has 0 spiro atoms. The summed E-state index contributed by atoms with van der Waals surface area (Å²) in [6.07, 6.45) is 1.85. The lowest BCUT2D eigenvalue weighted by atomic mass is 10.0. The highest BCUT2D eigenvalue weighted by molar-refractivity contribution is 7.17. The second kappa shape index (κ2) is 8.67. The molecule has 0 atom stereocenters. The quantitative estimate of drug-likeness (QED) is 0.766. The van der Waals surface area contributed by atoms with Crippen LogP contribution in [0, 0.1) is 0 Å². The van der Waals surface area contributed by atoms with Crippen molar-refractivity contribution in [2.24, 2.45) is 0 Å². The molecule has 6 heteroatoms. The number of anilines is 1. The SMILES string of the molecule is COC(=O)c1c(NC(=O)CCc2ccccc2)sc2c1CCN(C(C)C)C2. The van der Waals surface area contributed by atoms with Gasteiger partial charge >= 0.3 is 5.97 Å². The van der Waals surface area contributed by atoms with Gasteiger partial charge in [-0.25, -0.2) is 4.79 Å². The zero-order chi connectivity index (χ0) is 19.4. The highest BCUT2D eigenvalue weighted by Gasteiger charge is 2.29. The molecule has 0 saturated carbocycles. The molecule has 0 saturated heterocycles. The normalized spacial score (nSPS) is 14.1. The van der Waals surface area contributed by atoms with Gasteiger partial charge in [0.05, 0.1) is 12.7 Å². The Balaban J connectivity index is 1.76. The van der Waals surface area contributed by atoms with Gasteiger partial charge in [0, 0.05) is 30.4 Å². The number of hydrogen-bond donors (Lipinski definition) is 1. The molecular formula is C21H26N2O3S. The Hall–Kier alpha value is -2.18. The lowest BCUT2D eigenvalue weighted by Gasteiger charge is -2.30. The summed E-state index contributed by atoms with van der Waals surface area (Å²) in [5.41, 5.74) is 2.69. The van der Waals surface area contributed by atoms with Gasteiger partial charge in [-0.2, -0.15) is 0 Å². The van der Waals surface area contributed by atoms with E-state index in [-0.39, 0.29) is 11.9 Å². The van der Waals surface area contributed by atoms with Crippen LogP contribution < -0.4 is 5.32 Å². The van der Waals surface area contributed by atoms with Gasteiger partial charge in [0.25, 0.3) is 0 Å². The Labute approximate surface area is 164 Å². The molecule has 0 radical (unpaired) electrons. The van der Waals surface area contributed by atoms with Crippen LogP contribution in [0.5, 0.6) is 0 Å². The molecule has 0 unspecified atom stereocenters. The van der Waals surface area contributed by atoms with Crippen LogP contribution in [-0.4, -0.2) is 36.5 Å². The monoisotopic (exact) mass is 386 g/mol. The van der Waals surface area contributed by atoms with Gasteiger partial charge in [0.1, 0.15) is 5.00 Å². The van der Waals surface area contributed by atoms with Crippen molar-refractivity contribution in [3.63, 3.8) is 0 Å². The van der Waals surface area contributed by atoms with E-state index < -0.39 is 0 Å². The zero-order valence-electron chi connectivity index (χ0n) is 16.1. The molecule has 27 heavy (non-hydrogen) atoms. The van der Waals surface area contributed by atoms with E-state index in [0.29, 0.717) is 29.4 Å². The van der Waals surface area contributed by atoms with E-state index in [2.05, 4.69) is 24.1 Å². The number of nitrogens with one attached hydrogen (secondary N) is 1. The van der Waals surface area contributed by atoms with Crippen molar-refractivity contribution >= 4 is 28.2 Å². The highest BCUT2D eigenvalue weighted by atomic mass is 32.1. The first-order valence-corrected chi connectivity index (χ1v) is 10.1. The highest BCUT2D eigenvalue weighted by Crippen LogP contribution is 2.38. The number of hydrogen-bond acceptors (Lipinski definition) is 5. The molecule has 1 N–H and O–H groups in total. The van der Waals surface area contributed by atoms with Gasteiger partial charge in [-0.3, -0.25) is 9.69 Å². The Morgan fingerprint density at radius 3 is 2.67 bits per heavy atom. The lowest BCUT2D eigenvalue weighted by Crippen LogP contribution is -2.35. The third-order valence-electron chi connectivity index (χ3n) is 4.94. The standard InChI is InChI=1S/C21H26N2O3S/c1-14(2)23-12-11-16-17(13-23)27-20(19(16)21(25)26-3)22-18(24)10-9-15-7-5-4-6-8-15/h4-8,14H,9-13H2,1-3H3,(H,22,24). The van der Waals surface area contributed by atoms with Crippen LogP contribution in [0.4, 0.5) is 5.00 Å². The average molecular weight is 387 g/mol.